The van der Waals surface area contributed by atoms with Crippen LogP contribution in [0.5, 0.6) is 0 Å². The van der Waals surface area contributed by atoms with Gasteiger partial charge in [0.1, 0.15) is 6.04 Å². The molecule has 2 aromatic rings. The lowest BCUT2D eigenvalue weighted by atomic mass is 10.0. The zero-order valence-corrected chi connectivity index (χ0v) is 20.0. The molecule has 1 unspecified atom stereocenters. The number of fused-ring (bicyclic) bond motifs is 1. The van der Waals surface area contributed by atoms with Gasteiger partial charge in [0.05, 0.1) is 12.1 Å². The van der Waals surface area contributed by atoms with Crippen molar-refractivity contribution in [1.29, 1.82) is 0 Å². The van der Waals surface area contributed by atoms with Crippen molar-refractivity contribution in [1.82, 2.24) is 15.1 Å². The van der Waals surface area contributed by atoms with E-state index in [0.29, 0.717) is 38.2 Å². The number of carbonyl (C=O) groups excluding carboxylic acids is 3. The van der Waals surface area contributed by atoms with Gasteiger partial charge in [-0.15, -0.1) is 0 Å². The van der Waals surface area contributed by atoms with Crippen LogP contribution in [0.3, 0.4) is 0 Å². The van der Waals surface area contributed by atoms with E-state index in [1.807, 2.05) is 6.07 Å². The van der Waals surface area contributed by atoms with Crippen LogP contribution in [0.1, 0.15) is 39.9 Å². The minimum Gasteiger partial charge on any atom is -0.369 e. The number of imide groups is 1. The van der Waals surface area contributed by atoms with Crippen LogP contribution in [-0.2, 0) is 22.3 Å². The Bertz CT molecular complexity index is 1290. The maximum absolute atomic E-state index is 12.8. The van der Waals surface area contributed by atoms with Gasteiger partial charge in [-0.25, -0.2) is 0 Å². The molecule has 0 spiro atoms. The molecule has 7 nitrogen and oxygen atoms in total. The first kappa shape index (κ1) is 24.8. The highest BCUT2D eigenvalue weighted by atomic mass is 19.4. The lowest BCUT2D eigenvalue weighted by Crippen LogP contribution is -2.52. The Morgan fingerprint density at radius 3 is 2.38 bits per heavy atom. The number of piperazine rings is 1. The third-order valence-electron chi connectivity index (χ3n) is 6.99. The van der Waals surface area contributed by atoms with Crippen LogP contribution in [0.2, 0.25) is 0 Å². The van der Waals surface area contributed by atoms with Crippen molar-refractivity contribution in [3.8, 4) is 11.8 Å². The molecule has 37 heavy (non-hydrogen) atoms. The molecule has 0 bridgehead atoms. The highest BCUT2D eigenvalue weighted by Crippen LogP contribution is 2.31. The Morgan fingerprint density at radius 1 is 0.973 bits per heavy atom. The first-order valence-electron chi connectivity index (χ1n) is 12.1. The lowest BCUT2D eigenvalue weighted by molar-refractivity contribution is -0.138. The van der Waals surface area contributed by atoms with E-state index >= 15 is 0 Å². The van der Waals surface area contributed by atoms with Crippen molar-refractivity contribution < 1.29 is 27.6 Å². The quantitative estimate of drug-likeness (QED) is 0.508. The summed E-state index contributed by atoms with van der Waals surface area (Å²) in [5, 5.41) is 2.30. The van der Waals surface area contributed by atoms with Crippen molar-refractivity contribution in [2.24, 2.45) is 0 Å². The van der Waals surface area contributed by atoms with Gasteiger partial charge in [-0.3, -0.25) is 24.6 Å². The molecule has 5 rings (SSSR count). The Morgan fingerprint density at radius 2 is 1.70 bits per heavy atom. The predicted octanol–water partition coefficient (Wildman–Crippen LogP) is 2.64. The molecule has 2 fully saturated rings. The number of carbonyl (C=O) groups is 3. The summed E-state index contributed by atoms with van der Waals surface area (Å²) in [6.45, 7) is 3.75. The zero-order chi connectivity index (χ0) is 26.2. The van der Waals surface area contributed by atoms with Gasteiger partial charge in [0.2, 0.25) is 11.8 Å². The van der Waals surface area contributed by atoms with Crippen LogP contribution in [0.15, 0.2) is 42.5 Å². The number of nitrogens with zero attached hydrogens (tertiary/aromatic N) is 3. The summed E-state index contributed by atoms with van der Waals surface area (Å²) < 4.78 is 38.3. The number of piperidine rings is 1. The van der Waals surface area contributed by atoms with Crippen LogP contribution < -0.4 is 10.2 Å². The fourth-order valence-electron chi connectivity index (χ4n) is 4.93. The van der Waals surface area contributed by atoms with Gasteiger partial charge in [0.25, 0.3) is 5.91 Å². The molecule has 2 aromatic carbocycles. The van der Waals surface area contributed by atoms with E-state index in [9.17, 15) is 27.6 Å². The normalized spacial score (nSPS) is 20.4. The molecule has 2 saturated heterocycles. The van der Waals surface area contributed by atoms with E-state index < -0.39 is 23.7 Å². The fraction of sp³-hybridized carbons (Fsp3) is 0.370. The molecule has 3 heterocycles. The lowest BCUT2D eigenvalue weighted by Gasteiger charge is -2.35. The number of anilines is 1. The molecule has 3 aliphatic rings. The summed E-state index contributed by atoms with van der Waals surface area (Å²) in [7, 11) is 0. The highest BCUT2D eigenvalue weighted by Gasteiger charge is 2.39. The Hall–Kier alpha value is -3.84. The summed E-state index contributed by atoms with van der Waals surface area (Å²) >= 11 is 0. The van der Waals surface area contributed by atoms with Gasteiger partial charge in [-0.2, -0.15) is 13.2 Å². The average Bonchev–Trinajstić information content (AvgIpc) is 3.19. The van der Waals surface area contributed by atoms with E-state index in [1.165, 1.54) is 17.0 Å². The van der Waals surface area contributed by atoms with Crippen molar-refractivity contribution in [3.05, 3.63) is 64.7 Å². The maximum atomic E-state index is 12.8. The Labute approximate surface area is 212 Å². The molecule has 0 radical (unpaired) electrons. The largest absolute Gasteiger partial charge is 0.416 e. The topological polar surface area (TPSA) is 73.0 Å². The van der Waals surface area contributed by atoms with Crippen molar-refractivity contribution in [2.45, 2.75) is 31.6 Å². The summed E-state index contributed by atoms with van der Waals surface area (Å²) in [6.07, 6.45) is -3.80. The monoisotopic (exact) mass is 510 g/mol. The number of hydrogen-bond donors (Lipinski definition) is 1. The molecular weight excluding hydrogens is 485 g/mol. The Balaban J connectivity index is 1.15. The van der Waals surface area contributed by atoms with E-state index in [0.717, 1.165) is 42.0 Å². The Kier molecular flexibility index (Phi) is 6.65. The van der Waals surface area contributed by atoms with E-state index in [2.05, 4.69) is 27.0 Å². The van der Waals surface area contributed by atoms with Crippen LogP contribution in [0, 0.1) is 11.8 Å². The molecule has 192 valence electrons. The van der Waals surface area contributed by atoms with Gasteiger partial charge in [-0.1, -0.05) is 11.8 Å². The molecule has 3 aliphatic heterocycles. The van der Waals surface area contributed by atoms with E-state index in [-0.39, 0.29) is 18.2 Å². The number of halogens is 3. The van der Waals surface area contributed by atoms with Crippen LogP contribution >= 0.6 is 0 Å². The number of alkyl halides is 3. The second-order valence-electron chi connectivity index (χ2n) is 9.38. The summed E-state index contributed by atoms with van der Waals surface area (Å²) in [6, 6.07) is 10.00. The second kappa shape index (κ2) is 9.90. The van der Waals surface area contributed by atoms with Gasteiger partial charge in [-0.05, 0) is 54.4 Å². The predicted molar refractivity (Wildman–Crippen MR) is 129 cm³/mol. The minimum absolute atomic E-state index is 0.213. The molecule has 0 saturated carbocycles. The molecular formula is C27H25F3N4O3. The first-order chi connectivity index (χ1) is 17.7. The minimum atomic E-state index is -4.34. The van der Waals surface area contributed by atoms with Crippen LogP contribution in [0.25, 0.3) is 0 Å². The van der Waals surface area contributed by atoms with Gasteiger partial charge >= 0.3 is 6.18 Å². The maximum Gasteiger partial charge on any atom is 0.416 e. The van der Waals surface area contributed by atoms with E-state index in [1.54, 1.807) is 12.1 Å². The molecule has 0 aromatic heterocycles. The second-order valence-corrected chi connectivity index (χ2v) is 9.38. The molecule has 10 heteroatoms. The smallest absolute Gasteiger partial charge is 0.369 e. The summed E-state index contributed by atoms with van der Waals surface area (Å²) in [5.41, 5.74) is 2.27. The SMILES string of the molecule is O=C1CCC(N2Cc3cc(C#CCN4CCN(c5ccc(C(F)(F)F)cc5)CC4)ccc3C2=O)C(=O)N1. The third-order valence-corrected chi connectivity index (χ3v) is 6.99. The van der Waals surface area contributed by atoms with E-state index in [4.69, 9.17) is 0 Å². The van der Waals surface area contributed by atoms with Gasteiger partial charge in [0.15, 0.2) is 0 Å². The number of amides is 3. The van der Waals surface area contributed by atoms with Crippen molar-refractivity contribution >= 4 is 23.4 Å². The molecule has 0 aliphatic carbocycles. The zero-order valence-electron chi connectivity index (χ0n) is 20.0. The van der Waals surface area contributed by atoms with Gasteiger partial charge in [0, 0.05) is 56.0 Å². The standard InChI is InChI=1S/C27H25F3N4O3/c28-27(29,30)20-4-6-21(7-5-20)33-14-12-32(13-15-33)11-1-2-18-3-8-22-19(16-18)17-34(26(22)37)23-9-10-24(35)31-25(23)36/h3-8,16,23H,9-15,17H2,(H,31,35,36). The van der Waals surface area contributed by atoms with Gasteiger partial charge < -0.3 is 9.80 Å². The van der Waals surface area contributed by atoms with Crippen molar-refractivity contribution in [2.75, 3.05) is 37.6 Å². The van der Waals surface area contributed by atoms with Crippen LogP contribution in [-0.4, -0.2) is 66.3 Å². The third kappa shape index (κ3) is 5.32. The molecule has 1 N–H and O–H groups in total. The van der Waals surface area contributed by atoms with Crippen molar-refractivity contribution in [3.63, 3.8) is 0 Å². The molecule has 3 amide bonds. The molecule has 1 atom stereocenters. The fourth-order valence-corrected chi connectivity index (χ4v) is 4.93. The number of benzene rings is 2. The van der Waals surface area contributed by atoms with Crippen LogP contribution in [0.4, 0.5) is 18.9 Å². The summed E-state index contributed by atoms with van der Waals surface area (Å²) in [5.74, 6) is 5.35. The number of rotatable bonds is 3. The number of nitrogens with one attached hydrogen (secondary N) is 1. The average molecular weight is 511 g/mol. The number of hydrogen-bond acceptors (Lipinski definition) is 5. The summed E-state index contributed by atoms with van der Waals surface area (Å²) in [4.78, 5) is 42.2. The highest BCUT2D eigenvalue weighted by molar-refractivity contribution is 6.05. The first-order valence-corrected chi connectivity index (χ1v) is 12.1.